The summed E-state index contributed by atoms with van der Waals surface area (Å²) < 4.78 is 9.88. The van der Waals surface area contributed by atoms with E-state index in [-0.39, 0.29) is 18.7 Å². The van der Waals surface area contributed by atoms with Gasteiger partial charge in [-0.05, 0) is 56.9 Å². The molecule has 0 fully saturated rings. The minimum absolute atomic E-state index is 0.0451. The van der Waals surface area contributed by atoms with Crippen LogP contribution in [-0.4, -0.2) is 77.7 Å². The Morgan fingerprint density at radius 2 is 1.94 bits per heavy atom. The van der Waals surface area contributed by atoms with Gasteiger partial charge in [0.05, 0.1) is 7.11 Å². The summed E-state index contributed by atoms with van der Waals surface area (Å²) in [6, 6.07) is 3.66. The number of methoxy groups -OCH3 is 1. The van der Waals surface area contributed by atoms with Gasteiger partial charge in [-0.25, -0.2) is 4.79 Å². The molecular weight excluding hydrogens is 474 g/mol. The number of thioether (sulfide) groups is 1. The molecule has 0 saturated heterocycles. The van der Waals surface area contributed by atoms with Crippen LogP contribution in [0.25, 0.3) is 0 Å². The van der Waals surface area contributed by atoms with Crippen molar-refractivity contribution in [1.29, 1.82) is 0 Å². The van der Waals surface area contributed by atoms with Gasteiger partial charge in [-0.1, -0.05) is 18.2 Å². The van der Waals surface area contributed by atoms with Crippen LogP contribution in [-0.2, 0) is 23.9 Å². The van der Waals surface area contributed by atoms with Gasteiger partial charge in [0, 0.05) is 6.54 Å². The van der Waals surface area contributed by atoms with Crippen LogP contribution in [0.4, 0.5) is 4.79 Å². The van der Waals surface area contributed by atoms with E-state index in [1.807, 2.05) is 6.26 Å². The van der Waals surface area contributed by atoms with Crippen molar-refractivity contribution >= 4 is 35.6 Å². The lowest BCUT2D eigenvalue weighted by Crippen LogP contribution is -2.53. The van der Waals surface area contributed by atoms with E-state index in [2.05, 4.69) is 21.9 Å². The Balaban J connectivity index is 3.38. The summed E-state index contributed by atoms with van der Waals surface area (Å²) in [6.07, 6.45) is 2.83. The van der Waals surface area contributed by atoms with E-state index in [4.69, 9.17) is 4.74 Å². The van der Waals surface area contributed by atoms with Crippen LogP contribution in [0.15, 0.2) is 36.9 Å². The molecule has 0 aliphatic heterocycles. The van der Waals surface area contributed by atoms with Crippen molar-refractivity contribution < 1.29 is 33.8 Å². The van der Waals surface area contributed by atoms with E-state index in [1.54, 1.807) is 26.8 Å². The first-order valence-corrected chi connectivity index (χ1v) is 12.4. The molecule has 0 aliphatic rings. The average molecular weight is 510 g/mol. The maximum atomic E-state index is 13.7. The highest BCUT2D eigenvalue weighted by molar-refractivity contribution is 7.98. The molecule has 2 unspecified atom stereocenters. The summed E-state index contributed by atoms with van der Waals surface area (Å²) in [5.41, 5.74) is -0.459. The van der Waals surface area contributed by atoms with E-state index in [0.717, 1.165) is 0 Å². The number of phenolic OH excluding ortho intramolecular Hbond substituents is 1. The van der Waals surface area contributed by atoms with Crippen LogP contribution in [0.5, 0.6) is 5.75 Å². The fourth-order valence-electron chi connectivity index (χ4n) is 3.10. The summed E-state index contributed by atoms with van der Waals surface area (Å²) in [4.78, 5) is 52.2. The normalized spacial score (nSPS) is 12.6. The zero-order chi connectivity index (χ0) is 26.6. The van der Waals surface area contributed by atoms with Crippen molar-refractivity contribution in [2.75, 3.05) is 32.2 Å². The Bertz CT molecular complexity index is 901. The molecule has 1 rings (SSSR count). The smallest absolute Gasteiger partial charge is 0.408 e. The van der Waals surface area contributed by atoms with Crippen LogP contribution in [0, 0.1) is 0 Å². The van der Waals surface area contributed by atoms with Gasteiger partial charge < -0.3 is 30.1 Å². The zero-order valence-electron chi connectivity index (χ0n) is 20.8. The Morgan fingerprint density at radius 1 is 1.26 bits per heavy atom. The zero-order valence-corrected chi connectivity index (χ0v) is 21.6. The summed E-state index contributed by atoms with van der Waals surface area (Å²) >= 11 is 1.49. The molecule has 0 spiro atoms. The SMILES string of the molecule is C=CCN(C(=O)C(CCSC)NC(=O)OC(C)(C)C)C(C(=O)NCC(=O)OC)c1cccc(O)c1. The number of rotatable bonds is 12. The van der Waals surface area contributed by atoms with Crippen LogP contribution in [0.2, 0.25) is 0 Å². The maximum Gasteiger partial charge on any atom is 0.408 e. The predicted octanol–water partition coefficient (Wildman–Crippen LogP) is 2.38. The number of amides is 3. The van der Waals surface area contributed by atoms with Gasteiger partial charge in [0.25, 0.3) is 0 Å². The number of phenols is 1. The fraction of sp³-hybridized carbons (Fsp3) is 0.500. The van der Waals surface area contributed by atoms with E-state index in [0.29, 0.717) is 11.3 Å². The molecular formula is C24H35N3O7S. The lowest BCUT2D eigenvalue weighted by molar-refractivity contribution is -0.144. The van der Waals surface area contributed by atoms with E-state index < -0.39 is 48.1 Å². The van der Waals surface area contributed by atoms with Crippen LogP contribution >= 0.6 is 11.8 Å². The molecule has 11 heteroatoms. The van der Waals surface area contributed by atoms with Crippen molar-refractivity contribution in [1.82, 2.24) is 15.5 Å². The molecule has 0 radical (unpaired) electrons. The number of ether oxygens (including phenoxy) is 2. The second kappa shape index (κ2) is 14.2. The van der Waals surface area contributed by atoms with Gasteiger partial charge in [-0.2, -0.15) is 11.8 Å². The number of alkyl carbamates (subject to hydrolysis) is 1. The third kappa shape index (κ3) is 10.3. The van der Waals surface area contributed by atoms with Crippen LogP contribution < -0.4 is 10.6 Å². The Labute approximate surface area is 210 Å². The van der Waals surface area contributed by atoms with E-state index in [1.165, 1.54) is 48.0 Å². The lowest BCUT2D eigenvalue weighted by atomic mass is 10.0. The fourth-order valence-corrected chi connectivity index (χ4v) is 3.57. The van der Waals surface area contributed by atoms with Gasteiger partial charge in [-0.3, -0.25) is 14.4 Å². The summed E-state index contributed by atoms with van der Waals surface area (Å²) in [6.45, 7) is 8.36. The first-order chi connectivity index (χ1) is 16.4. The topological polar surface area (TPSA) is 134 Å². The Morgan fingerprint density at radius 3 is 2.49 bits per heavy atom. The number of hydrogen-bond acceptors (Lipinski definition) is 8. The first-order valence-electron chi connectivity index (χ1n) is 11.0. The van der Waals surface area contributed by atoms with Gasteiger partial charge >= 0.3 is 12.1 Å². The molecule has 0 saturated carbocycles. The number of esters is 1. The first kappa shape index (κ1) is 29.8. The number of carbonyl (C=O) groups excluding carboxylic acids is 4. The number of aromatic hydroxyl groups is 1. The standard InChI is InChI=1S/C24H35N3O7S/c1-7-12-27(22(31)18(11-13-35-6)26-23(32)34-24(2,3)4)20(16-9-8-10-17(28)14-16)21(30)25-15-19(29)33-5/h7-10,14,18,20,28H,1,11-13,15H2,2-6H3,(H,25,30)(H,26,32). The van der Waals surface area contributed by atoms with Crippen molar-refractivity contribution in [2.45, 2.75) is 44.9 Å². The predicted molar refractivity (Wildman–Crippen MR) is 134 cm³/mol. The van der Waals surface area contributed by atoms with Crippen LogP contribution in [0.1, 0.15) is 38.8 Å². The molecule has 2 atom stereocenters. The number of nitrogens with one attached hydrogen (secondary N) is 2. The third-order valence-electron chi connectivity index (χ3n) is 4.59. The highest BCUT2D eigenvalue weighted by atomic mass is 32.2. The van der Waals surface area contributed by atoms with E-state index >= 15 is 0 Å². The molecule has 0 aromatic heterocycles. The summed E-state index contributed by atoms with van der Waals surface area (Å²) in [5, 5.41) is 15.1. The molecule has 0 aliphatic carbocycles. The molecule has 3 N–H and O–H groups in total. The van der Waals surface area contributed by atoms with Crippen LogP contribution in [0.3, 0.4) is 0 Å². The van der Waals surface area contributed by atoms with Crippen molar-refractivity contribution in [3.8, 4) is 5.75 Å². The number of nitrogens with zero attached hydrogens (tertiary/aromatic N) is 1. The number of carbonyl (C=O) groups is 4. The van der Waals surface area contributed by atoms with Crippen molar-refractivity contribution in [3.63, 3.8) is 0 Å². The molecule has 194 valence electrons. The maximum absolute atomic E-state index is 13.7. The quantitative estimate of drug-likeness (QED) is 0.289. The van der Waals surface area contributed by atoms with Gasteiger partial charge in [0.2, 0.25) is 11.8 Å². The third-order valence-corrected chi connectivity index (χ3v) is 5.23. The van der Waals surface area contributed by atoms with E-state index in [9.17, 15) is 24.3 Å². The Hall–Kier alpha value is -3.21. The summed E-state index contributed by atoms with van der Waals surface area (Å²) in [5.74, 6) is -1.44. The van der Waals surface area contributed by atoms with Gasteiger partial charge in [0.15, 0.2) is 0 Å². The Kier molecular flexibility index (Phi) is 12.1. The monoisotopic (exact) mass is 509 g/mol. The molecule has 1 aromatic rings. The minimum Gasteiger partial charge on any atom is -0.508 e. The summed E-state index contributed by atoms with van der Waals surface area (Å²) in [7, 11) is 1.19. The largest absolute Gasteiger partial charge is 0.508 e. The van der Waals surface area contributed by atoms with Crippen molar-refractivity contribution in [3.05, 3.63) is 42.5 Å². The lowest BCUT2D eigenvalue weighted by Gasteiger charge is -2.33. The molecule has 0 heterocycles. The second-order valence-corrected chi connectivity index (χ2v) is 9.54. The molecule has 0 bridgehead atoms. The van der Waals surface area contributed by atoms with Crippen molar-refractivity contribution in [2.24, 2.45) is 0 Å². The number of hydrogen-bond donors (Lipinski definition) is 3. The second-order valence-electron chi connectivity index (χ2n) is 8.55. The molecule has 3 amide bonds. The molecule has 35 heavy (non-hydrogen) atoms. The number of benzene rings is 1. The molecule has 10 nitrogen and oxygen atoms in total. The molecule has 1 aromatic carbocycles. The average Bonchev–Trinajstić information content (AvgIpc) is 2.78. The highest BCUT2D eigenvalue weighted by Crippen LogP contribution is 2.26. The highest BCUT2D eigenvalue weighted by Gasteiger charge is 2.36. The van der Waals surface area contributed by atoms with Gasteiger partial charge in [-0.15, -0.1) is 6.58 Å². The minimum atomic E-state index is -1.23. The van der Waals surface area contributed by atoms with Gasteiger partial charge in [0.1, 0.15) is 30.0 Å².